The summed E-state index contributed by atoms with van der Waals surface area (Å²) < 4.78 is 13.9. The number of hydrogen-bond acceptors (Lipinski definition) is 8. The minimum Gasteiger partial charge on any atom is -0.360 e. The van der Waals surface area contributed by atoms with Crippen molar-refractivity contribution in [3.8, 4) is 10.6 Å². The monoisotopic (exact) mass is 570 g/mol. The molecule has 1 atom stereocenters. The molecule has 0 radical (unpaired) electrons. The molecule has 0 spiro atoms. The summed E-state index contributed by atoms with van der Waals surface area (Å²) in [6, 6.07) is 15.3. The topological polar surface area (TPSA) is 125 Å². The van der Waals surface area contributed by atoms with E-state index in [1.807, 2.05) is 0 Å². The first-order chi connectivity index (χ1) is 19.8. The Balaban J connectivity index is 1.25. The first kappa shape index (κ1) is 26.3. The van der Waals surface area contributed by atoms with E-state index in [1.165, 1.54) is 29.8 Å². The number of aromatic nitrogens is 2. The number of carbonyl (C=O) groups excluding carboxylic acids is 4. The highest BCUT2D eigenvalue weighted by Crippen LogP contribution is 2.38. The van der Waals surface area contributed by atoms with Crippen LogP contribution in [0.25, 0.3) is 10.6 Å². The Morgan fingerprint density at radius 3 is 2.54 bits per heavy atom. The van der Waals surface area contributed by atoms with Gasteiger partial charge in [0, 0.05) is 13.6 Å². The molecule has 4 amide bonds. The molecule has 6 rings (SSSR count). The molecule has 0 fully saturated rings. The fraction of sp³-hybridized carbons (Fsp3) is 0.172. The third-order valence-electron chi connectivity index (χ3n) is 6.89. The van der Waals surface area contributed by atoms with Crippen molar-refractivity contribution in [2.45, 2.75) is 12.5 Å². The number of carbonyl (C=O) groups is 4. The summed E-state index contributed by atoms with van der Waals surface area (Å²) in [6.07, 6.45) is 1.54. The van der Waals surface area contributed by atoms with Crippen LogP contribution in [-0.2, 0) is 11.2 Å². The number of nitrogens with one attached hydrogen (secondary N) is 2. The standard InChI is InChI=1S/C29H23FN6O4S/c1-35-14-23(37)34-26-25(35)24(31-15-32-26)21-9-10-22(41-21)27(38)33-18(12-16-5-4-6-17(30)11-16)13-36-28(39)19-7-2-3-8-20(19)29(36)40/h2-11,15,18H,12-14H2,1H3,(H,33,38)(H,31,32,34,37)/t18-/m0/s1. The van der Waals surface area contributed by atoms with E-state index in [0.717, 1.165) is 4.90 Å². The van der Waals surface area contributed by atoms with Crippen LogP contribution in [0, 0.1) is 5.82 Å². The Morgan fingerprint density at radius 1 is 1.05 bits per heavy atom. The number of fused-ring (bicyclic) bond motifs is 2. The van der Waals surface area contributed by atoms with Crippen LogP contribution in [0.1, 0.15) is 36.0 Å². The lowest BCUT2D eigenvalue weighted by Crippen LogP contribution is -2.46. The highest BCUT2D eigenvalue weighted by Gasteiger charge is 2.37. The lowest BCUT2D eigenvalue weighted by molar-refractivity contribution is -0.115. The van der Waals surface area contributed by atoms with E-state index in [9.17, 15) is 23.6 Å². The van der Waals surface area contributed by atoms with Crippen LogP contribution in [0.4, 0.5) is 15.9 Å². The molecule has 0 saturated carbocycles. The molecule has 4 aromatic rings. The minimum atomic E-state index is -0.690. The zero-order valence-corrected chi connectivity index (χ0v) is 22.6. The number of halogens is 1. The second kappa shape index (κ2) is 10.5. The number of benzene rings is 2. The van der Waals surface area contributed by atoms with E-state index in [1.54, 1.807) is 60.5 Å². The van der Waals surface area contributed by atoms with Crippen LogP contribution in [0.15, 0.2) is 67.0 Å². The van der Waals surface area contributed by atoms with Crippen molar-refractivity contribution in [3.05, 3.63) is 94.4 Å². The van der Waals surface area contributed by atoms with Gasteiger partial charge in [0.15, 0.2) is 5.82 Å². The highest BCUT2D eigenvalue weighted by molar-refractivity contribution is 7.17. The number of likely N-dealkylation sites (N-methyl/N-ethyl adjacent to an activating group) is 1. The summed E-state index contributed by atoms with van der Waals surface area (Å²) in [5, 5.41) is 5.68. The van der Waals surface area contributed by atoms with Gasteiger partial charge < -0.3 is 15.5 Å². The van der Waals surface area contributed by atoms with Gasteiger partial charge in [-0.25, -0.2) is 14.4 Å². The average Bonchev–Trinajstić information content (AvgIpc) is 3.53. The Kier molecular flexibility index (Phi) is 6.75. The SMILES string of the molecule is CN1CC(=O)Nc2ncnc(-c3ccc(C(=O)N[C@@H](Cc4cccc(F)c4)CN4C(=O)c5ccccc5C4=O)s3)c21. The van der Waals surface area contributed by atoms with Crippen molar-refractivity contribution in [1.29, 1.82) is 0 Å². The Labute approximate surface area is 237 Å². The third kappa shape index (κ3) is 5.05. The van der Waals surface area contributed by atoms with Gasteiger partial charge in [0.05, 0.1) is 33.5 Å². The molecule has 2 N–H and O–H groups in total. The van der Waals surface area contributed by atoms with E-state index in [2.05, 4.69) is 20.6 Å². The van der Waals surface area contributed by atoms with E-state index in [0.29, 0.717) is 43.6 Å². The Morgan fingerprint density at radius 2 is 1.80 bits per heavy atom. The van der Waals surface area contributed by atoms with Gasteiger partial charge in [-0.1, -0.05) is 24.3 Å². The molecule has 12 heteroatoms. The number of nitrogens with zero attached hydrogens (tertiary/aromatic N) is 4. The van der Waals surface area contributed by atoms with Crippen LogP contribution in [0.5, 0.6) is 0 Å². The predicted molar refractivity (Wildman–Crippen MR) is 150 cm³/mol. The van der Waals surface area contributed by atoms with Crippen molar-refractivity contribution < 1.29 is 23.6 Å². The van der Waals surface area contributed by atoms with Gasteiger partial charge in [0.2, 0.25) is 5.91 Å². The fourth-order valence-electron chi connectivity index (χ4n) is 5.06. The summed E-state index contributed by atoms with van der Waals surface area (Å²) in [4.78, 5) is 63.9. The summed E-state index contributed by atoms with van der Waals surface area (Å²) in [5.41, 5.74) is 2.45. The minimum absolute atomic E-state index is 0.0866. The van der Waals surface area contributed by atoms with Crippen LogP contribution < -0.4 is 15.5 Å². The Bertz CT molecular complexity index is 1690. The molecule has 2 aromatic heterocycles. The molecule has 41 heavy (non-hydrogen) atoms. The number of thiophene rings is 1. The number of amides is 4. The van der Waals surface area contributed by atoms with Crippen molar-refractivity contribution in [2.24, 2.45) is 0 Å². The first-order valence-corrected chi connectivity index (χ1v) is 13.6. The molecule has 0 aliphatic carbocycles. The number of anilines is 2. The molecule has 4 heterocycles. The van der Waals surface area contributed by atoms with Crippen molar-refractivity contribution in [2.75, 3.05) is 30.4 Å². The average molecular weight is 571 g/mol. The van der Waals surface area contributed by atoms with Gasteiger partial charge in [-0.15, -0.1) is 11.3 Å². The maximum Gasteiger partial charge on any atom is 0.261 e. The fourth-order valence-corrected chi connectivity index (χ4v) is 5.96. The zero-order chi connectivity index (χ0) is 28.7. The Hall–Kier alpha value is -4.97. The third-order valence-corrected chi connectivity index (χ3v) is 7.98. The largest absolute Gasteiger partial charge is 0.360 e. The number of rotatable bonds is 7. The first-order valence-electron chi connectivity index (χ1n) is 12.7. The molecule has 2 aromatic carbocycles. The van der Waals surface area contributed by atoms with E-state index < -0.39 is 29.6 Å². The van der Waals surface area contributed by atoms with Gasteiger partial charge in [-0.3, -0.25) is 24.1 Å². The summed E-state index contributed by atoms with van der Waals surface area (Å²) in [6.45, 7) is 0.0579. The van der Waals surface area contributed by atoms with Gasteiger partial charge in [-0.2, -0.15) is 0 Å². The number of hydrogen-bond donors (Lipinski definition) is 2. The number of imide groups is 1. The second-order valence-electron chi connectivity index (χ2n) is 9.76. The molecule has 206 valence electrons. The smallest absolute Gasteiger partial charge is 0.261 e. The van der Waals surface area contributed by atoms with Gasteiger partial charge in [0.1, 0.15) is 23.5 Å². The molecule has 2 aliphatic rings. The zero-order valence-electron chi connectivity index (χ0n) is 21.8. The highest BCUT2D eigenvalue weighted by atomic mass is 32.1. The molecule has 0 unspecified atom stereocenters. The van der Waals surface area contributed by atoms with Crippen LogP contribution in [0.2, 0.25) is 0 Å². The quantitative estimate of drug-likeness (QED) is 0.327. The van der Waals surface area contributed by atoms with Crippen molar-refractivity contribution in [1.82, 2.24) is 20.2 Å². The maximum absolute atomic E-state index is 13.9. The van der Waals surface area contributed by atoms with Gasteiger partial charge in [-0.05, 0) is 48.4 Å². The molecular formula is C29H23FN6O4S. The van der Waals surface area contributed by atoms with E-state index in [4.69, 9.17) is 0 Å². The molecule has 0 saturated heterocycles. The van der Waals surface area contributed by atoms with Crippen LogP contribution in [-0.4, -0.2) is 64.7 Å². The predicted octanol–water partition coefficient (Wildman–Crippen LogP) is 3.37. The lowest BCUT2D eigenvalue weighted by atomic mass is 10.0. The van der Waals surface area contributed by atoms with Crippen molar-refractivity contribution >= 4 is 46.5 Å². The normalized spacial score (nSPS) is 14.9. The summed E-state index contributed by atoms with van der Waals surface area (Å²) >= 11 is 1.20. The van der Waals surface area contributed by atoms with Crippen LogP contribution >= 0.6 is 11.3 Å². The van der Waals surface area contributed by atoms with Gasteiger partial charge >= 0.3 is 0 Å². The van der Waals surface area contributed by atoms with Crippen molar-refractivity contribution in [3.63, 3.8) is 0 Å². The molecule has 0 bridgehead atoms. The molecule has 10 nitrogen and oxygen atoms in total. The van der Waals surface area contributed by atoms with E-state index >= 15 is 0 Å². The lowest BCUT2D eigenvalue weighted by Gasteiger charge is -2.27. The van der Waals surface area contributed by atoms with E-state index in [-0.39, 0.29) is 25.4 Å². The van der Waals surface area contributed by atoms with Gasteiger partial charge in [0.25, 0.3) is 17.7 Å². The molecule has 2 aliphatic heterocycles. The maximum atomic E-state index is 13.9. The molecular weight excluding hydrogens is 547 g/mol. The van der Waals surface area contributed by atoms with Crippen LogP contribution in [0.3, 0.4) is 0 Å². The summed E-state index contributed by atoms with van der Waals surface area (Å²) in [7, 11) is 1.77. The second-order valence-corrected chi connectivity index (χ2v) is 10.8. The summed E-state index contributed by atoms with van der Waals surface area (Å²) in [5.74, 6) is -1.50.